The SMILES string of the molecule is CCCCCCOCCOCCC(=O)O.CCCCCCOCCOCCCO. The number of aliphatic hydroxyl groups excluding tert-OH is 1. The molecule has 7 nitrogen and oxygen atoms in total. The topological polar surface area (TPSA) is 94.5 Å². The van der Waals surface area contributed by atoms with Crippen molar-refractivity contribution >= 4 is 5.97 Å². The van der Waals surface area contributed by atoms with Gasteiger partial charge < -0.3 is 29.2 Å². The Bertz CT molecular complexity index is 289. The number of hydrogen-bond donors (Lipinski definition) is 2. The number of hydrogen-bond acceptors (Lipinski definition) is 6. The highest BCUT2D eigenvalue weighted by Gasteiger charge is 1.96. The Kier molecular flexibility index (Phi) is 31.0. The van der Waals surface area contributed by atoms with E-state index < -0.39 is 5.97 Å². The summed E-state index contributed by atoms with van der Waals surface area (Å²) in [6, 6.07) is 0. The molecular weight excluding hydrogens is 376 g/mol. The molecule has 176 valence electrons. The van der Waals surface area contributed by atoms with Crippen molar-refractivity contribution in [3.63, 3.8) is 0 Å². The van der Waals surface area contributed by atoms with Crippen LogP contribution in [0.5, 0.6) is 0 Å². The highest BCUT2D eigenvalue weighted by Crippen LogP contribution is 1.99. The van der Waals surface area contributed by atoms with E-state index in [1.54, 1.807) is 0 Å². The molecule has 0 radical (unpaired) electrons. The van der Waals surface area contributed by atoms with Crippen LogP contribution in [0.4, 0.5) is 0 Å². The summed E-state index contributed by atoms with van der Waals surface area (Å²) in [5, 5.41) is 16.8. The van der Waals surface area contributed by atoms with E-state index in [2.05, 4.69) is 13.8 Å². The smallest absolute Gasteiger partial charge is 0.305 e. The van der Waals surface area contributed by atoms with Gasteiger partial charge in [0.2, 0.25) is 0 Å². The van der Waals surface area contributed by atoms with Crippen molar-refractivity contribution in [3.05, 3.63) is 0 Å². The van der Waals surface area contributed by atoms with Crippen LogP contribution < -0.4 is 0 Å². The van der Waals surface area contributed by atoms with Crippen LogP contribution in [0.2, 0.25) is 0 Å². The number of rotatable bonds is 22. The first kappa shape index (κ1) is 30.5. The Morgan fingerprint density at radius 1 is 0.586 bits per heavy atom. The zero-order valence-electron chi connectivity index (χ0n) is 18.9. The molecular formula is C22H46O7. The van der Waals surface area contributed by atoms with Gasteiger partial charge in [-0.3, -0.25) is 4.79 Å². The second-order valence-corrected chi connectivity index (χ2v) is 6.79. The molecule has 0 aromatic rings. The van der Waals surface area contributed by atoms with E-state index >= 15 is 0 Å². The Labute approximate surface area is 178 Å². The van der Waals surface area contributed by atoms with Gasteiger partial charge in [-0.15, -0.1) is 0 Å². The van der Waals surface area contributed by atoms with Crippen molar-refractivity contribution in [1.82, 2.24) is 0 Å². The number of aliphatic hydroxyl groups is 1. The first-order valence-electron chi connectivity index (χ1n) is 11.3. The average Bonchev–Trinajstić information content (AvgIpc) is 2.71. The van der Waals surface area contributed by atoms with Crippen LogP contribution in [0.25, 0.3) is 0 Å². The molecule has 0 amide bonds. The number of carboxylic acids is 1. The van der Waals surface area contributed by atoms with Crippen LogP contribution >= 0.6 is 0 Å². The molecule has 0 aromatic carbocycles. The highest BCUT2D eigenvalue weighted by atomic mass is 16.5. The summed E-state index contributed by atoms with van der Waals surface area (Å²) in [6.45, 7) is 9.50. The number of carbonyl (C=O) groups is 1. The summed E-state index contributed by atoms with van der Waals surface area (Å²) in [7, 11) is 0. The fourth-order valence-electron chi connectivity index (χ4n) is 2.23. The van der Waals surface area contributed by atoms with E-state index in [9.17, 15) is 4.79 Å². The predicted molar refractivity (Wildman–Crippen MR) is 116 cm³/mol. The summed E-state index contributed by atoms with van der Waals surface area (Å²) < 4.78 is 21.0. The maximum atomic E-state index is 10.1. The number of ether oxygens (including phenoxy) is 4. The third kappa shape index (κ3) is 35.1. The van der Waals surface area contributed by atoms with Gasteiger partial charge >= 0.3 is 5.97 Å². The lowest BCUT2D eigenvalue weighted by Gasteiger charge is -2.04. The van der Waals surface area contributed by atoms with E-state index in [0.29, 0.717) is 33.0 Å². The number of aliphatic carboxylic acids is 1. The Hall–Kier alpha value is -0.730. The monoisotopic (exact) mass is 422 g/mol. The van der Waals surface area contributed by atoms with E-state index in [1.807, 2.05) is 0 Å². The van der Waals surface area contributed by atoms with Gasteiger partial charge in [-0.05, 0) is 19.3 Å². The van der Waals surface area contributed by atoms with Crippen molar-refractivity contribution < 1.29 is 34.0 Å². The maximum Gasteiger partial charge on any atom is 0.305 e. The molecule has 0 unspecified atom stereocenters. The van der Waals surface area contributed by atoms with E-state index in [-0.39, 0.29) is 19.6 Å². The minimum atomic E-state index is -0.824. The summed E-state index contributed by atoms with van der Waals surface area (Å²) >= 11 is 0. The average molecular weight is 423 g/mol. The third-order valence-corrected chi connectivity index (χ3v) is 3.94. The molecule has 0 fully saturated rings. The van der Waals surface area contributed by atoms with Crippen molar-refractivity contribution in [3.8, 4) is 0 Å². The van der Waals surface area contributed by atoms with E-state index in [1.165, 1.54) is 38.5 Å². The van der Waals surface area contributed by atoms with E-state index in [0.717, 1.165) is 32.5 Å². The zero-order valence-corrected chi connectivity index (χ0v) is 18.9. The first-order valence-corrected chi connectivity index (χ1v) is 11.3. The van der Waals surface area contributed by atoms with Crippen molar-refractivity contribution in [2.24, 2.45) is 0 Å². The van der Waals surface area contributed by atoms with Crippen LogP contribution in [-0.2, 0) is 23.7 Å². The first-order chi connectivity index (χ1) is 14.2. The number of unbranched alkanes of at least 4 members (excludes halogenated alkanes) is 6. The van der Waals surface area contributed by atoms with Crippen LogP contribution in [0.1, 0.15) is 78.1 Å². The number of carboxylic acid groups (broad SMARTS) is 1. The molecule has 0 spiro atoms. The second kappa shape index (κ2) is 29.5. The lowest BCUT2D eigenvalue weighted by molar-refractivity contribution is -0.138. The summed E-state index contributed by atoms with van der Waals surface area (Å²) in [6.07, 6.45) is 10.6. The predicted octanol–water partition coefficient (Wildman–Crippen LogP) is 4.06. The maximum absolute atomic E-state index is 10.1. The van der Waals surface area contributed by atoms with Gasteiger partial charge in [0.25, 0.3) is 0 Å². The van der Waals surface area contributed by atoms with Gasteiger partial charge in [-0.2, -0.15) is 0 Å². The normalized spacial score (nSPS) is 10.6. The molecule has 0 rings (SSSR count). The molecule has 29 heavy (non-hydrogen) atoms. The summed E-state index contributed by atoms with van der Waals surface area (Å²) in [5.74, 6) is -0.824. The van der Waals surface area contributed by atoms with E-state index in [4.69, 9.17) is 29.2 Å². The van der Waals surface area contributed by atoms with Gasteiger partial charge in [-0.25, -0.2) is 0 Å². The molecule has 0 aliphatic rings. The zero-order chi connectivity index (χ0) is 21.8. The fraction of sp³-hybridized carbons (Fsp3) is 0.955. The minimum absolute atomic E-state index is 0.0660. The summed E-state index contributed by atoms with van der Waals surface area (Å²) in [4.78, 5) is 10.1. The van der Waals surface area contributed by atoms with Crippen molar-refractivity contribution in [2.45, 2.75) is 78.1 Å². The minimum Gasteiger partial charge on any atom is -0.481 e. The van der Waals surface area contributed by atoms with Gasteiger partial charge in [0.15, 0.2) is 0 Å². The van der Waals surface area contributed by atoms with Gasteiger partial charge in [0.1, 0.15) is 0 Å². The lowest BCUT2D eigenvalue weighted by atomic mass is 10.2. The van der Waals surface area contributed by atoms with Crippen LogP contribution in [0, 0.1) is 0 Å². The molecule has 0 saturated carbocycles. The molecule has 0 saturated heterocycles. The fourth-order valence-corrected chi connectivity index (χ4v) is 2.23. The van der Waals surface area contributed by atoms with Crippen LogP contribution in [0.15, 0.2) is 0 Å². The Balaban J connectivity index is 0. The Morgan fingerprint density at radius 2 is 1.00 bits per heavy atom. The standard InChI is InChI=1S/C11H22O4.C11H24O3/c1-2-3-4-5-7-14-9-10-15-8-6-11(12)13;1-2-3-4-5-8-13-10-11-14-9-6-7-12/h2-10H2,1H3,(H,12,13);12H,2-11H2,1H3. The highest BCUT2D eigenvalue weighted by molar-refractivity contribution is 5.66. The van der Waals surface area contributed by atoms with Crippen LogP contribution in [0.3, 0.4) is 0 Å². The molecule has 0 bridgehead atoms. The Morgan fingerprint density at radius 3 is 1.38 bits per heavy atom. The third-order valence-electron chi connectivity index (χ3n) is 3.94. The molecule has 0 heterocycles. The molecule has 0 aliphatic heterocycles. The molecule has 2 N–H and O–H groups in total. The summed E-state index contributed by atoms with van der Waals surface area (Å²) in [5.41, 5.74) is 0. The molecule has 0 atom stereocenters. The largest absolute Gasteiger partial charge is 0.481 e. The van der Waals surface area contributed by atoms with Gasteiger partial charge in [0.05, 0.1) is 39.5 Å². The van der Waals surface area contributed by atoms with Crippen molar-refractivity contribution in [2.75, 3.05) is 59.5 Å². The second-order valence-electron chi connectivity index (χ2n) is 6.79. The van der Waals surface area contributed by atoms with Crippen LogP contribution in [-0.4, -0.2) is 75.6 Å². The quantitative estimate of drug-likeness (QED) is 0.254. The molecule has 7 heteroatoms. The van der Waals surface area contributed by atoms with Gasteiger partial charge in [0, 0.05) is 26.4 Å². The molecule has 0 aromatic heterocycles. The van der Waals surface area contributed by atoms with Crippen molar-refractivity contribution in [1.29, 1.82) is 0 Å². The lowest BCUT2D eigenvalue weighted by Crippen LogP contribution is -2.08. The van der Waals surface area contributed by atoms with Gasteiger partial charge in [-0.1, -0.05) is 52.4 Å². The molecule has 0 aliphatic carbocycles.